The van der Waals surface area contributed by atoms with Gasteiger partial charge < -0.3 is 5.32 Å². The van der Waals surface area contributed by atoms with Crippen molar-refractivity contribution in [3.63, 3.8) is 0 Å². The Hall–Kier alpha value is -2.17. The van der Waals surface area contributed by atoms with Crippen molar-refractivity contribution in [3.8, 4) is 0 Å². The van der Waals surface area contributed by atoms with Crippen LogP contribution in [-0.2, 0) is 0 Å². The van der Waals surface area contributed by atoms with Crippen LogP contribution in [0.15, 0.2) is 41.6 Å². The zero-order valence-electron chi connectivity index (χ0n) is 7.27. The van der Waals surface area contributed by atoms with E-state index in [2.05, 4.69) is 20.5 Å². The largest absolute Gasteiger partial charge is 0.351 e. The molecule has 0 saturated carbocycles. The van der Waals surface area contributed by atoms with Crippen molar-refractivity contribution in [1.29, 1.82) is 0 Å². The van der Waals surface area contributed by atoms with Gasteiger partial charge in [0.25, 0.3) is 5.56 Å². The summed E-state index contributed by atoms with van der Waals surface area (Å²) in [6.45, 7) is 0. The normalized spacial score (nSPS) is 9.71. The highest BCUT2D eigenvalue weighted by Gasteiger charge is 1.97. The first-order valence-electron chi connectivity index (χ1n) is 4.07. The predicted octanol–water partition coefficient (Wildman–Crippen LogP) is 0.908. The second kappa shape index (κ2) is 3.69. The van der Waals surface area contributed by atoms with Gasteiger partial charge >= 0.3 is 0 Å². The summed E-state index contributed by atoms with van der Waals surface area (Å²) in [6.07, 6.45) is 4.82. The topological polar surface area (TPSA) is 70.7 Å². The first-order chi connectivity index (χ1) is 6.86. The van der Waals surface area contributed by atoms with Crippen LogP contribution in [0.2, 0.25) is 0 Å². The van der Waals surface area contributed by atoms with Crippen LogP contribution in [0.5, 0.6) is 0 Å². The Morgan fingerprint density at radius 1 is 1.14 bits per heavy atom. The molecule has 0 saturated heterocycles. The molecule has 2 rings (SSSR count). The lowest BCUT2D eigenvalue weighted by molar-refractivity contribution is 0.991. The van der Waals surface area contributed by atoms with Crippen molar-refractivity contribution >= 4 is 11.4 Å². The van der Waals surface area contributed by atoms with Crippen LogP contribution in [0.4, 0.5) is 11.4 Å². The zero-order valence-corrected chi connectivity index (χ0v) is 7.27. The number of hydrogen-bond donors (Lipinski definition) is 2. The fourth-order valence-corrected chi connectivity index (χ4v) is 1.03. The molecule has 0 aliphatic heterocycles. The van der Waals surface area contributed by atoms with Crippen LogP contribution in [0.1, 0.15) is 0 Å². The number of hydrogen-bond acceptors (Lipinski definition) is 4. The number of nitrogens with zero attached hydrogens (tertiary/aromatic N) is 2. The van der Waals surface area contributed by atoms with Gasteiger partial charge in [0, 0.05) is 24.3 Å². The number of aromatic amines is 1. The standard InChI is InChI=1S/C9H8N4O/c14-9-8(3-6-11-13-9)12-7-1-4-10-5-2-7/h1-6H,(H,13,14)(H,10,11,12). The van der Waals surface area contributed by atoms with Crippen LogP contribution in [0.25, 0.3) is 0 Å². The monoisotopic (exact) mass is 188 g/mol. The lowest BCUT2D eigenvalue weighted by Gasteiger charge is -2.02. The maximum Gasteiger partial charge on any atom is 0.287 e. The zero-order chi connectivity index (χ0) is 9.80. The highest BCUT2D eigenvalue weighted by Crippen LogP contribution is 2.09. The summed E-state index contributed by atoms with van der Waals surface area (Å²) in [6, 6.07) is 5.17. The van der Waals surface area contributed by atoms with Crippen LogP contribution in [-0.4, -0.2) is 15.2 Å². The van der Waals surface area contributed by atoms with Gasteiger partial charge in [-0.1, -0.05) is 0 Å². The second-order valence-electron chi connectivity index (χ2n) is 2.66. The second-order valence-corrected chi connectivity index (χ2v) is 2.66. The third kappa shape index (κ3) is 1.77. The number of anilines is 2. The molecular weight excluding hydrogens is 180 g/mol. The van der Waals surface area contributed by atoms with Gasteiger partial charge in [-0.3, -0.25) is 9.78 Å². The SMILES string of the molecule is O=c1[nH]nccc1Nc1ccncc1. The van der Waals surface area contributed by atoms with Crippen molar-refractivity contribution in [2.75, 3.05) is 5.32 Å². The molecule has 0 atom stereocenters. The van der Waals surface area contributed by atoms with E-state index in [0.29, 0.717) is 5.69 Å². The molecule has 0 fully saturated rings. The van der Waals surface area contributed by atoms with E-state index < -0.39 is 0 Å². The predicted molar refractivity (Wildman–Crippen MR) is 52.4 cm³/mol. The number of pyridine rings is 1. The molecule has 70 valence electrons. The number of H-pyrrole nitrogens is 1. The van der Waals surface area contributed by atoms with Crippen molar-refractivity contribution in [2.45, 2.75) is 0 Å². The van der Waals surface area contributed by atoms with Crippen molar-refractivity contribution in [1.82, 2.24) is 15.2 Å². The first-order valence-corrected chi connectivity index (χ1v) is 4.07. The molecule has 2 aromatic heterocycles. The molecule has 0 unspecified atom stereocenters. The lowest BCUT2D eigenvalue weighted by Crippen LogP contribution is -2.11. The summed E-state index contributed by atoms with van der Waals surface area (Å²) in [7, 11) is 0. The molecule has 14 heavy (non-hydrogen) atoms. The highest BCUT2D eigenvalue weighted by atomic mass is 16.1. The molecule has 0 bridgehead atoms. The molecule has 2 heterocycles. The van der Waals surface area contributed by atoms with Crippen LogP contribution >= 0.6 is 0 Å². The van der Waals surface area contributed by atoms with E-state index in [1.54, 1.807) is 30.6 Å². The van der Waals surface area contributed by atoms with Crippen molar-refractivity contribution in [2.24, 2.45) is 0 Å². The van der Waals surface area contributed by atoms with Crippen LogP contribution < -0.4 is 10.9 Å². The summed E-state index contributed by atoms with van der Waals surface area (Å²) < 4.78 is 0. The van der Waals surface area contributed by atoms with Gasteiger partial charge in [-0.05, 0) is 18.2 Å². The molecule has 0 radical (unpaired) electrons. The van der Waals surface area contributed by atoms with Crippen molar-refractivity contribution < 1.29 is 0 Å². The van der Waals surface area contributed by atoms with Gasteiger partial charge in [0.2, 0.25) is 0 Å². The van der Waals surface area contributed by atoms with Gasteiger partial charge in [0.15, 0.2) is 0 Å². The summed E-state index contributed by atoms with van der Waals surface area (Å²) >= 11 is 0. The van der Waals surface area contributed by atoms with E-state index >= 15 is 0 Å². The minimum Gasteiger partial charge on any atom is -0.351 e. The Morgan fingerprint density at radius 3 is 2.64 bits per heavy atom. The van der Waals surface area contributed by atoms with E-state index in [1.807, 2.05) is 0 Å². The third-order valence-electron chi connectivity index (χ3n) is 1.69. The maximum atomic E-state index is 11.2. The molecule has 0 spiro atoms. The Kier molecular flexibility index (Phi) is 2.22. The Morgan fingerprint density at radius 2 is 1.93 bits per heavy atom. The first kappa shape index (κ1) is 8.43. The van der Waals surface area contributed by atoms with Gasteiger partial charge in [0.05, 0.1) is 0 Å². The minimum atomic E-state index is -0.246. The van der Waals surface area contributed by atoms with Gasteiger partial charge in [-0.15, -0.1) is 0 Å². The lowest BCUT2D eigenvalue weighted by atomic mass is 10.4. The van der Waals surface area contributed by atoms with E-state index in [4.69, 9.17) is 0 Å². The van der Waals surface area contributed by atoms with E-state index in [-0.39, 0.29) is 5.56 Å². The van der Waals surface area contributed by atoms with E-state index in [9.17, 15) is 4.79 Å². The third-order valence-corrected chi connectivity index (χ3v) is 1.69. The molecule has 0 aliphatic rings. The average Bonchev–Trinajstić information content (AvgIpc) is 2.23. The van der Waals surface area contributed by atoms with Crippen LogP contribution in [0, 0.1) is 0 Å². The van der Waals surface area contributed by atoms with Crippen LogP contribution in [0.3, 0.4) is 0 Å². The fraction of sp³-hybridized carbons (Fsp3) is 0. The Bertz CT molecular complexity index is 465. The van der Waals surface area contributed by atoms with E-state index in [0.717, 1.165) is 5.69 Å². The quantitative estimate of drug-likeness (QED) is 0.734. The molecule has 2 aromatic rings. The van der Waals surface area contributed by atoms with Gasteiger partial charge in [0.1, 0.15) is 5.69 Å². The fourth-order valence-electron chi connectivity index (χ4n) is 1.03. The van der Waals surface area contributed by atoms with Gasteiger partial charge in [-0.25, -0.2) is 5.10 Å². The Balaban J connectivity index is 2.28. The molecule has 5 heteroatoms. The summed E-state index contributed by atoms with van der Waals surface area (Å²) in [5.74, 6) is 0. The van der Waals surface area contributed by atoms with E-state index in [1.165, 1.54) is 6.20 Å². The minimum absolute atomic E-state index is 0.246. The molecule has 5 nitrogen and oxygen atoms in total. The molecule has 0 aliphatic carbocycles. The molecule has 2 N–H and O–H groups in total. The summed E-state index contributed by atoms with van der Waals surface area (Å²) in [4.78, 5) is 15.1. The highest BCUT2D eigenvalue weighted by molar-refractivity contribution is 5.56. The number of aromatic nitrogens is 3. The molecule has 0 aromatic carbocycles. The smallest absolute Gasteiger partial charge is 0.287 e. The molecule has 0 amide bonds. The summed E-state index contributed by atoms with van der Waals surface area (Å²) in [5, 5.41) is 8.88. The Labute approximate surface area is 79.8 Å². The number of nitrogens with one attached hydrogen (secondary N) is 2. The number of rotatable bonds is 2. The van der Waals surface area contributed by atoms with Crippen molar-refractivity contribution in [3.05, 3.63) is 47.1 Å². The summed E-state index contributed by atoms with van der Waals surface area (Å²) in [5.41, 5.74) is 1.03. The average molecular weight is 188 g/mol. The molecular formula is C9H8N4O. The maximum absolute atomic E-state index is 11.2. The van der Waals surface area contributed by atoms with Gasteiger partial charge in [-0.2, -0.15) is 5.10 Å².